The summed E-state index contributed by atoms with van der Waals surface area (Å²) < 4.78 is 0. The molecule has 0 aliphatic rings. The minimum atomic E-state index is -0.389. The average Bonchev–Trinajstić information content (AvgIpc) is 1.81. The maximum absolute atomic E-state index is 10.7. The third kappa shape index (κ3) is 3.24. The second kappa shape index (κ2) is 4.05. The maximum Gasteiger partial charge on any atom is 0.146 e. The van der Waals surface area contributed by atoms with Crippen LogP contribution in [0.5, 0.6) is 0 Å². The lowest BCUT2D eigenvalue weighted by molar-refractivity contribution is -0.119. The number of rotatable bonds is 3. The normalized spacial score (nSPS) is 12.7. The summed E-state index contributed by atoms with van der Waals surface area (Å²) in [5, 5.41) is 8.47. The Balaban J connectivity index is 3.88. The maximum atomic E-state index is 10.7. The number of ketones is 1. The van der Waals surface area contributed by atoms with E-state index in [0.29, 0.717) is 12.3 Å². The van der Waals surface area contributed by atoms with Crippen molar-refractivity contribution in [3.63, 3.8) is 0 Å². The van der Waals surface area contributed by atoms with Gasteiger partial charge in [-0.15, -0.1) is 0 Å². The molecule has 0 radical (unpaired) electrons. The lowest BCUT2D eigenvalue weighted by Crippen LogP contribution is -2.10. The largest absolute Gasteiger partial charge is 0.299 e. The van der Waals surface area contributed by atoms with Gasteiger partial charge in [0.25, 0.3) is 0 Å². The molecular weight excluding hydrogens is 126 g/mol. The zero-order valence-electron chi connectivity index (χ0n) is 6.72. The lowest BCUT2D eigenvalue weighted by atomic mass is 9.95. The second-order valence-corrected chi connectivity index (χ2v) is 2.92. The summed E-state index contributed by atoms with van der Waals surface area (Å²) in [5.74, 6) is 0.0183. The van der Waals surface area contributed by atoms with Crippen LogP contribution in [-0.4, -0.2) is 5.78 Å². The van der Waals surface area contributed by atoms with Crippen LogP contribution < -0.4 is 0 Å². The number of Topliss-reactive ketones (excluding diaryl/α,β-unsaturated/α-hetero) is 1. The van der Waals surface area contributed by atoms with Crippen molar-refractivity contribution in [1.29, 1.82) is 5.26 Å². The van der Waals surface area contributed by atoms with E-state index in [9.17, 15) is 4.79 Å². The molecule has 0 bridgehead atoms. The number of carbonyl (C=O) groups is 1. The molecule has 1 unspecified atom stereocenters. The standard InChI is InChI=1S/C8H13NO/c1-6(2)4-8(5-9)7(3)10/h6,8H,4H2,1-3H3. The van der Waals surface area contributed by atoms with E-state index in [1.165, 1.54) is 6.92 Å². The molecule has 0 saturated heterocycles. The highest BCUT2D eigenvalue weighted by atomic mass is 16.1. The molecule has 10 heavy (non-hydrogen) atoms. The van der Waals surface area contributed by atoms with Crippen LogP contribution in [0.1, 0.15) is 27.2 Å². The molecule has 0 aromatic rings. The first-order valence-electron chi connectivity index (χ1n) is 3.48. The van der Waals surface area contributed by atoms with Crippen LogP contribution in [0.15, 0.2) is 0 Å². The molecule has 2 heteroatoms. The SMILES string of the molecule is CC(=O)C(C#N)CC(C)C. The van der Waals surface area contributed by atoms with Crippen molar-refractivity contribution in [1.82, 2.24) is 0 Å². The highest BCUT2D eigenvalue weighted by Crippen LogP contribution is 2.10. The quantitative estimate of drug-likeness (QED) is 0.597. The van der Waals surface area contributed by atoms with Crippen LogP contribution in [0.25, 0.3) is 0 Å². The van der Waals surface area contributed by atoms with E-state index in [-0.39, 0.29) is 11.7 Å². The van der Waals surface area contributed by atoms with E-state index in [2.05, 4.69) is 0 Å². The first-order chi connectivity index (χ1) is 4.57. The third-order valence-electron chi connectivity index (χ3n) is 1.35. The van der Waals surface area contributed by atoms with Gasteiger partial charge in [0.15, 0.2) is 0 Å². The van der Waals surface area contributed by atoms with Crippen molar-refractivity contribution in [2.45, 2.75) is 27.2 Å². The van der Waals surface area contributed by atoms with E-state index in [1.54, 1.807) is 0 Å². The Labute approximate surface area is 61.8 Å². The van der Waals surface area contributed by atoms with Crippen molar-refractivity contribution < 1.29 is 4.79 Å². The second-order valence-electron chi connectivity index (χ2n) is 2.92. The van der Waals surface area contributed by atoms with E-state index in [1.807, 2.05) is 19.9 Å². The first-order valence-corrected chi connectivity index (χ1v) is 3.48. The third-order valence-corrected chi connectivity index (χ3v) is 1.35. The number of nitrogens with zero attached hydrogens (tertiary/aromatic N) is 1. The van der Waals surface area contributed by atoms with Gasteiger partial charge in [-0.25, -0.2) is 0 Å². The van der Waals surface area contributed by atoms with Gasteiger partial charge in [0.1, 0.15) is 11.7 Å². The Bertz CT molecular complexity index is 155. The highest BCUT2D eigenvalue weighted by molar-refractivity contribution is 5.80. The van der Waals surface area contributed by atoms with E-state index < -0.39 is 0 Å². The van der Waals surface area contributed by atoms with Crippen LogP contribution in [0.3, 0.4) is 0 Å². The molecular formula is C8H13NO. The minimum Gasteiger partial charge on any atom is -0.299 e. The van der Waals surface area contributed by atoms with Gasteiger partial charge in [-0.1, -0.05) is 13.8 Å². The summed E-state index contributed by atoms with van der Waals surface area (Å²) in [4.78, 5) is 10.7. The van der Waals surface area contributed by atoms with Crippen molar-refractivity contribution in [3.8, 4) is 6.07 Å². The number of hydrogen-bond donors (Lipinski definition) is 0. The Kier molecular flexibility index (Phi) is 3.71. The Hall–Kier alpha value is -0.840. The fourth-order valence-electron chi connectivity index (χ4n) is 0.781. The van der Waals surface area contributed by atoms with E-state index >= 15 is 0 Å². The van der Waals surface area contributed by atoms with Gasteiger partial charge in [0.05, 0.1) is 6.07 Å². The van der Waals surface area contributed by atoms with Crippen LogP contribution in [-0.2, 0) is 4.79 Å². The van der Waals surface area contributed by atoms with Gasteiger partial charge in [-0.2, -0.15) is 5.26 Å². The predicted octanol–water partition coefficient (Wildman–Crippen LogP) is 1.76. The molecule has 0 aliphatic carbocycles. The molecule has 0 spiro atoms. The van der Waals surface area contributed by atoms with Gasteiger partial charge in [0.2, 0.25) is 0 Å². The molecule has 2 nitrogen and oxygen atoms in total. The summed E-state index contributed by atoms with van der Waals surface area (Å²) in [7, 11) is 0. The summed E-state index contributed by atoms with van der Waals surface area (Å²) in [6, 6.07) is 1.98. The smallest absolute Gasteiger partial charge is 0.146 e. The van der Waals surface area contributed by atoms with Gasteiger partial charge in [-0.05, 0) is 19.3 Å². The van der Waals surface area contributed by atoms with Crippen molar-refractivity contribution in [2.24, 2.45) is 11.8 Å². The molecule has 1 atom stereocenters. The fourth-order valence-corrected chi connectivity index (χ4v) is 0.781. The number of nitriles is 1. The molecule has 56 valence electrons. The molecule has 0 fully saturated rings. The van der Waals surface area contributed by atoms with Crippen LogP contribution in [0.4, 0.5) is 0 Å². The number of hydrogen-bond acceptors (Lipinski definition) is 2. The monoisotopic (exact) mass is 139 g/mol. The lowest BCUT2D eigenvalue weighted by Gasteiger charge is -2.06. The van der Waals surface area contributed by atoms with E-state index in [0.717, 1.165) is 0 Å². The fraction of sp³-hybridized carbons (Fsp3) is 0.750. The summed E-state index contributed by atoms with van der Waals surface area (Å²) in [5.41, 5.74) is 0. The highest BCUT2D eigenvalue weighted by Gasteiger charge is 2.13. The first kappa shape index (κ1) is 9.16. The molecule has 0 rings (SSSR count). The van der Waals surface area contributed by atoms with Gasteiger partial charge in [0, 0.05) is 0 Å². The molecule has 0 amide bonds. The van der Waals surface area contributed by atoms with Crippen LogP contribution in [0, 0.1) is 23.2 Å². The minimum absolute atomic E-state index is 0.0174. The molecule has 0 aliphatic heterocycles. The molecule has 0 N–H and O–H groups in total. The van der Waals surface area contributed by atoms with Gasteiger partial charge < -0.3 is 0 Å². The molecule has 0 heterocycles. The van der Waals surface area contributed by atoms with Crippen molar-refractivity contribution in [3.05, 3.63) is 0 Å². The summed E-state index contributed by atoms with van der Waals surface area (Å²) >= 11 is 0. The zero-order valence-corrected chi connectivity index (χ0v) is 6.72. The number of carbonyl (C=O) groups excluding carboxylic acids is 1. The zero-order chi connectivity index (χ0) is 8.15. The molecule has 0 aromatic carbocycles. The Morgan fingerprint density at radius 3 is 2.20 bits per heavy atom. The topological polar surface area (TPSA) is 40.9 Å². The van der Waals surface area contributed by atoms with E-state index in [4.69, 9.17) is 5.26 Å². The van der Waals surface area contributed by atoms with Crippen LogP contribution in [0.2, 0.25) is 0 Å². The van der Waals surface area contributed by atoms with Gasteiger partial charge in [-0.3, -0.25) is 4.79 Å². The molecule has 0 saturated carbocycles. The van der Waals surface area contributed by atoms with Crippen molar-refractivity contribution in [2.75, 3.05) is 0 Å². The predicted molar refractivity (Wildman–Crippen MR) is 39.2 cm³/mol. The average molecular weight is 139 g/mol. The summed E-state index contributed by atoms with van der Waals surface area (Å²) in [6.45, 7) is 5.48. The van der Waals surface area contributed by atoms with Crippen LogP contribution >= 0.6 is 0 Å². The van der Waals surface area contributed by atoms with Crippen molar-refractivity contribution >= 4 is 5.78 Å². The Morgan fingerprint density at radius 1 is 1.60 bits per heavy atom. The summed E-state index contributed by atoms with van der Waals surface area (Å²) in [6.07, 6.45) is 0.686. The molecule has 0 aromatic heterocycles. The Morgan fingerprint density at radius 2 is 2.10 bits per heavy atom. The van der Waals surface area contributed by atoms with Gasteiger partial charge >= 0.3 is 0 Å².